The Morgan fingerprint density at radius 3 is 2.81 bits per heavy atom. The van der Waals surface area contributed by atoms with Crippen LogP contribution in [0.2, 0.25) is 5.02 Å². The first kappa shape index (κ1) is 13.5. The highest BCUT2D eigenvalue weighted by Gasteiger charge is 2.07. The summed E-state index contributed by atoms with van der Waals surface area (Å²) in [4.78, 5) is 0. The van der Waals surface area contributed by atoms with Crippen LogP contribution in [0.5, 0.6) is 0 Å². The van der Waals surface area contributed by atoms with Crippen LogP contribution < -0.4 is 0 Å². The summed E-state index contributed by atoms with van der Waals surface area (Å²) in [5.74, 6) is 0. The fourth-order valence-corrected chi connectivity index (χ4v) is 1.66. The van der Waals surface area contributed by atoms with Crippen molar-refractivity contribution >= 4 is 11.6 Å². The first-order valence-corrected chi connectivity index (χ1v) is 6.11. The lowest BCUT2D eigenvalue weighted by Crippen LogP contribution is -2.18. The quantitative estimate of drug-likeness (QED) is 0.745. The minimum Gasteiger partial charge on any atom is -0.390 e. The van der Waals surface area contributed by atoms with Crippen LogP contribution in [0.15, 0.2) is 24.3 Å². The van der Waals surface area contributed by atoms with Crippen LogP contribution in [0.3, 0.4) is 0 Å². The van der Waals surface area contributed by atoms with Crippen molar-refractivity contribution in [2.45, 2.75) is 32.3 Å². The number of halogens is 1. The molecule has 0 aliphatic rings. The Morgan fingerprint density at radius 1 is 1.38 bits per heavy atom. The Morgan fingerprint density at radius 2 is 2.12 bits per heavy atom. The van der Waals surface area contributed by atoms with Crippen LogP contribution in [0.25, 0.3) is 0 Å². The standard InChI is InChI=1S/C13H19ClO2/c1-2-3-8-16-10-12(15)9-11-6-4-5-7-13(11)14/h4-7,12,15H,2-3,8-10H2,1H3. The van der Waals surface area contributed by atoms with Gasteiger partial charge in [0.05, 0.1) is 12.7 Å². The van der Waals surface area contributed by atoms with E-state index in [0.717, 1.165) is 25.0 Å². The molecule has 0 heterocycles. The molecule has 0 saturated heterocycles. The van der Waals surface area contributed by atoms with Crippen molar-refractivity contribution in [3.8, 4) is 0 Å². The molecule has 90 valence electrons. The number of rotatable bonds is 7. The van der Waals surface area contributed by atoms with E-state index in [1.807, 2.05) is 24.3 Å². The van der Waals surface area contributed by atoms with E-state index in [4.69, 9.17) is 16.3 Å². The second-order valence-electron chi connectivity index (χ2n) is 3.88. The predicted molar refractivity (Wildman–Crippen MR) is 66.9 cm³/mol. The van der Waals surface area contributed by atoms with Crippen molar-refractivity contribution in [1.29, 1.82) is 0 Å². The zero-order valence-electron chi connectivity index (χ0n) is 9.66. The molecule has 0 bridgehead atoms. The van der Waals surface area contributed by atoms with Gasteiger partial charge in [0.1, 0.15) is 0 Å². The van der Waals surface area contributed by atoms with Gasteiger partial charge in [-0.2, -0.15) is 0 Å². The smallest absolute Gasteiger partial charge is 0.0814 e. The summed E-state index contributed by atoms with van der Waals surface area (Å²) < 4.78 is 5.35. The molecule has 1 unspecified atom stereocenters. The zero-order chi connectivity index (χ0) is 11.8. The van der Waals surface area contributed by atoms with Gasteiger partial charge in [0.25, 0.3) is 0 Å². The van der Waals surface area contributed by atoms with Gasteiger partial charge in [0, 0.05) is 18.1 Å². The average Bonchev–Trinajstić information content (AvgIpc) is 2.28. The van der Waals surface area contributed by atoms with Gasteiger partial charge in [0.2, 0.25) is 0 Å². The van der Waals surface area contributed by atoms with Crippen molar-refractivity contribution in [2.75, 3.05) is 13.2 Å². The summed E-state index contributed by atoms with van der Waals surface area (Å²) in [5.41, 5.74) is 0.968. The minimum atomic E-state index is -0.475. The Hall–Kier alpha value is -0.570. The summed E-state index contributed by atoms with van der Waals surface area (Å²) in [5, 5.41) is 10.4. The Bertz CT molecular complexity index is 302. The molecule has 0 saturated carbocycles. The number of hydrogen-bond donors (Lipinski definition) is 1. The predicted octanol–water partition coefficient (Wildman–Crippen LogP) is 3.06. The summed E-state index contributed by atoms with van der Waals surface area (Å²) in [6.45, 7) is 3.21. The molecule has 1 aromatic carbocycles. The normalized spacial score (nSPS) is 12.7. The highest BCUT2D eigenvalue weighted by Crippen LogP contribution is 2.16. The largest absolute Gasteiger partial charge is 0.390 e. The van der Waals surface area contributed by atoms with E-state index in [1.165, 1.54) is 0 Å². The van der Waals surface area contributed by atoms with E-state index in [-0.39, 0.29) is 0 Å². The maximum absolute atomic E-state index is 9.74. The van der Waals surface area contributed by atoms with E-state index in [2.05, 4.69) is 6.92 Å². The monoisotopic (exact) mass is 242 g/mol. The van der Waals surface area contributed by atoms with Gasteiger partial charge >= 0.3 is 0 Å². The van der Waals surface area contributed by atoms with E-state index < -0.39 is 6.10 Å². The first-order valence-electron chi connectivity index (χ1n) is 5.73. The number of unbranched alkanes of at least 4 members (excludes halogenated alkanes) is 1. The van der Waals surface area contributed by atoms with Crippen LogP contribution in [-0.4, -0.2) is 24.4 Å². The van der Waals surface area contributed by atoms with Gasteiger partial charge in [-0.3, -0.25) is 0 Å². The lowest BCUT2D eigenvalue weighted by Gasteiger charge is -2.12. The second-order valence-corrected chi connectivity index (χ2v) is 4.29. The molecule has 0 spiro atoms. The summed E-state index contributed by atoms with van der Waals surface area (Å²) in [7, 11) is 0. The Balaban J connectivity index is 2.28. The highest BCUT2D eigenvalue weighted by molar-refractivity contribution is 6.31. The van der Waals surface area contributed by atoms with Crippen molar-refractivity contribution in [2.24, 2.45) is 0 Å². The van der Waals surface area contributed by atoms with Crippen molar-refractivity contribution in [3.63, 3.8) is 0 Å². The highest BCUT2D eigenvalue weighted by atomic mass is 35.5. The van der Waals surface area contributed by atoms with Gasteiger partial charge in [-0.15, -0.1) is 0 Å². The SMILES string of the molecule is CCCCOCC(O)Cc1ccccc1Cl. The molecule has 1 rings (SSSR count). The van der Waals surface area contributed by atoms with Crippen LogP contribution in [0.1, 0.15) is 25.3 Å². The Kier molecular flexibility index (Phi) is 6.46. The van der Waals surface area contributed by atoms with Gasteiger partial charge in [-0.1, -0.05) is 43.1 Å². The van der Waals surface area contributed by atoms with Gasteiger partial charge < -0.3 is 9.84 Å². The molecule has 16 heavy (non-hydrogen) atoms. The maximum Gasteiger partial charge on any atom is 0.0814 e. The van der Waals surface area contributed by atoms with Crippen molar-refractivity contribution in [1.82, 2.24) is 0 Å². The van der Waals surface area contributed by atoms with Gasteiger partial charge in [0.15, 0.2) is 0 Å². The number of aliphatic hydroxyl groups excluding tert-OH is 1. The zero-order valence-corrected chi connectivity index (χ0v) is 10.4. The van der Waals surface area contributed by atoms with Crippen molar-refractivity contribution < 1.29 is 9.84 Å². The maximum atomic E-state index is 9.74. The number of benzene rings is 1. The third kappa shape index (κ3) is 4.97. The van der Waals surface area contributed by atoms with E-state index in [9.17, 15) is 5.11 Å². The topological polar surface area (TPSA) is 29.5 Å². The van der Waals surface area contributed by atoms with E-state index in [1.54, 1.807) is 0 Å². The minimum absolute atomic E-state index is 0.380. The molecule has 3 heteroatoms. The molecule has 0 amide bonds. The lowest BCUT2D eigenvalue weighted by atomic mass is 10.1. The van der Waals surface area contributed by atoms with E-state index in [0.29, 0.717) is 18.1 Å². The fraction of sp³-hybridized carbons (Fsp3) is 0.538. The lowest BCUT2D eigenvalue weighted by molar-refractivity contribution is 0.0360. The summed E-state index contributed by atoms with van der Waals surface area (Å²) in [6.07, 6.45) is 2.22. The first-order chi connectivity index (χ1) is 7.74. The molecule has 1 aromatic rings. The molecule has 0 aromatic heterocycles. The second kappa shape index (κ2) is 7.66. The molecule has 2 nitrogen and oxygen atoms in total. The number of aliphatic hydroxyl groups is 1. The number of ether oxygens (including phenoxy) is 1. The molecule has 1 atom stereocenters. The Labute approximate surface area is 102 Å². The molecule has 0 aliphatic heterocycles. The average molecular weight is 243 g/mol. The van der Waals surface area contributed by atoms with Gasteiger partial charge in [-0.05, 0) is 18.1 Å². The van der Waals surface area contributed by atoms with Crippen LogP contribution in [0.4, 0.5) is 0 Å². The van der Waals surface area contributed by atoms with Crippen LogP contribution in [0, 0.1) is 0 Å². The molecule has 0 aliphatic carbocycles. The third-order valence-electron chi connectivity index (χ3n) is 2.37. The number of hydrogen-bond acceptors (Lipinski definition) is 2. The summed E-state index contributed by atoms with van der Waals surface area (Å²) in [6, 6.07) is 7.57. The van der Waals surface area contributed by atoms with Crippen LogP contribution in [-0.2, 0) is 11.2 Å². The third-order valence-corrected chi connectivity index (χ3v) is 2.73. The van der Waals surface area contributed by atoms with Crippen LogP contribution >= 0.6 is 11.6 Å². The molecule has 1 N–H and O–H groups in total. The molecular weight excluding hydrogens is 224 g/mol. The summed E-state index contributed by atoms with van der Waals surface area (Å²) >= 11 is 6.00. The van der Waals surface area contributed by atoms with Gasteiger partial charge in [-0.25, -0.2) is 0 Å². The van der Waals surface area contributed by atoms with Crippen molar-refractivity contribution in [3.05, 3.63) is 34.9 Å². The fourth-order valence-electron chi connectivity index (χ4n) is 1.44. The molecule has 0 radical (unpaired) electrons. The van der Waals surface area contributed by atoms with E-state index >= 15 is 0 Å². The molecular formula is C13H19ClO2. The molecule has 0 fully saturated rings.